The van der Waals surface area contributed by atoms with E-state index in [-0.39, 0.29) is 6.61 Å². The van der Waals surface area contributed by atoms with Crippen molar-refractivity contribution < 1.29 is 5.11 Å². The molecule has 0 aliphatic heterocycles. The van der Waals surface area contributed by atoms with Gasteiger partial charge in [-0.15, -0.1) is 0 Å². The molecule has 0 unspecified atom stereocenters. The maximum Gasteiger partial charge on any atom is 0.0465 e. The van der Waals surface area contributed by atoms with Crippen molar-refractivity contribution in [2.75, 3.05) is 6.61 Å². The van der Waals surface area contributed by atoms with E-state index in [0.717, 1.165) is 12.8 Å². The van der Waals surface area contributed by atoms with Crippen LogP contribution in [-0.4, -0.2) is 11.7 Å². The van der Waals surface area contributed by atoms with Crippen LogP contribution in [0.1, 0.15) is 31.4 Å². The minimum atomic E-state index is 0.224. The Bertz CT molecular complexity index is 296. The molecule has 0 spiro atoms. The van der Waals surface area contributed by atoms with Crippen LogP contribution in [0.15, 0.2) is 30.3 Å². The highest BCUT2D eigenvalue weighted by molar-refractivity contribution is 5.49. The molecular formula is C14H20O. The molecule has 1 nitrogen and oxygen atoms in total. The van der Waals surface area contributed by atoms with E-state index in [2.05, 4.69) is 44.2 Å². The Labute approximate surface area is 92.5 Å². The van der Waals surface area contributed by atoms with Crippen molar-refractivity contribution in [2.45, 2.75) is 26.7 Å². The maximum absolute atomic E-state index is 8.64. The van der Waals surface area contributed by atoms with E-state index < -0.39 is 0 Å². The first kappa shape index (κ1) is 12.0. The number of benzene rings is 1. The fourth-order valence-electron chi connectivity index (χ4n) is 1.53. The standard InChI is InChI=1S/C14H20O/c1-12(2)11-14-8-6-13(7-9-14)5-3-4-10-15/h3,5-9,12,15H,4,10-11H2,1-2H3. The Kier molecular flexibility index (Phi) is 5.13. The van der Waals surface area contributed by atoms with Crippen LogP contribution < -0.4 is 0 Å². The molecule has 1 aromatic rings. The molecule has 0 atom stereocenters. The summed E-state index contributed by atoms with van der Waals surface area (Å²) in [5, 5.41) is 8.64. The number of hydrogen-bond donors (Lipinski definition) is 1. The van der Waals surface area contributed by atoms with E-state index in [4.69, 9.17) is 5.11 Å². The van der Waals surface area contributed by atoms with Crippen molar-refractivity contribution in [2.24, 2.45) is 5.92 Å². The molecule has 1 N–H and O–H groups in total. The van der Waals surface area contributed by atoms with E-state index >= 15 is 0 Å². The number of rotatable bonds is 5. The highest BCUT2D eigenvalue weighted by Gasteiger charge is 1.96. The van der Waals surface area contributed by atoms with E-state index in [9.17, 15) is 0 Å². The monoisotopic (exact) mass is 204 g/mol. The summed E-state index contributed by atoms with van der Waals surface area (Å²) in [5.41, 5.74) is 2.60. The SMILES string of the molecule is CC(C)Cc1ccc(C=CCCO)cc1. The fraction of sp³-hybridized carbons (Fsp3) is 0.429. The lowest BCUT2D eigenvalue weighted by atomic mass is 10.0. The molecule has 1 rings (SSSR count). The molecule has 0 fully saturated rings. The number of aliphatic hydroxyl groups excluding tert-OH is 1. The predicted octanol–water partition coefficient (Wildman–Crippen LogP) is 3.28. The van der Waals surface area contributed by atoms with Gasteiger partial charge in [0.25, 0.3) is 0 Å². The average molecular weight is 204 g/mol. The van der Waals surface area contributed by atoms with Crippen LogP contribution in [0.5, 0.6) is 0 Å². The van der Waals surface area contributed by atoms with Crippen molar-refractivity contribution in [3.8, 4) is 0 Å². The third-order valence-corrected chi connectivity index (χ3v) is 2.23. The molecule has 0 aliphatic rings. The molecule has 0 bridgehead atoms. The van der Waals surface area contributed by atoms with Crippen LogP contribution in [0, 0.1) is 5.92 Å². The molecule has 0 saturated carbocycles. The first-order valence-electron chi connectivity index (χ1n) is 5.58. The summed E-state index contributed by atoms with van der Waals surface area (Å²) in [7, 11) is 0. The second-order valence-corrected chi connectivity index (χ2v) is 4.25. The number of aliphatic hydroxyl groups is 1. The lowest BCUT2D eigenvalue weighted by Crippen LogP contribution is -1.93. The van der Waals surface area contributed by atoms with E-state index in [1.807, 2.05) is 6.08 Å². The van der Waals surface area contributed by atoms with Crippen LogP contribution in [0.2, 0.25) is 0 Å². The summed E-state index contributed by atoms with van der Waals surface area (Å²) >= 11 is 0. The molecule has 15 heavy (non-hydrogen) atoms. The summed E-state index contributed by atoms with van der Waals surface area (Å²) in [6.45, 7) is 4.69. The van der Waals surface area contributed by atoms with Crippen molar-refractivity contribution >= 4 is 6.08 Å². The molecule has 0 heterocycles. The second-order valence-electron chi connectivity index (χ2n) is 4.25. The lowest BCUT2D eigenvalue weighted by Gasteiger charge is -2.04. The third-order valence-electron chi connectivity index (χ3n) is 2.23. The van der Waals surface area contributed by atoms with Gasteiger partial charge in [0.05, 0.1) is 0 Å². The van der Waals surface area contributed by atoms with Gasteiger partial charge in [0.15, 0.2) is 0 Å². The van der Waals surface area contributed by atoms with Gasteiger partial charge in [-0.1, -0.05) is 50.3 Å². The van der Waals surface area contributed by atoms with E-state index in [1.54, 1.807) is 0 Å². The zero-order chi connectivity index (χ0) is 11.1. The van der Waals surface area contributed by atoms with Gasteiger partial charge in [-0.2, -0.15) is 0 Å². The van der Waals surface area contributed by atoms with Crippen molar-refractivity contribution in [1.82, 2.24) is 0 Å². The zero-order valence-corrected chi connectivity index (χ0v) is 9.61. The topological polar surface area (TPSA) is 20.2 Å². The quantitative estimate of drug-likeness (QED) is 0.780. The summed E-state index contributed by atoms with van der Waals surface area (Å²) in [6.07, 6.45) is 5.92. The van der Waals surface area contributed by atoms with Crippen LogP contribution in [-0.2, 0) is 6.42 Å². The normalized spacial score (nSPS) is 11.5. The Morgan fingerprint density at radius 3 is 2.40 bits per heavy atom. The first-order chi connectivity index (χ1) is 7.22. The molecule has 0 aromatic heterocycles. The zero-order valence-electron chi connectivity index (χ0n) is 9.61. The van der Waals surface area contributed by atoms with Gasteiger partial charge in [0.2, 0.25) is 0 Å². The van der Waals surface area contributed by atoms with Gasteiger partial charge >= 0.3 is 0 Å². The summed E-state index contributed by atoms with van der Waals surface area (Å²) in [5.74, 6) is 0.709. The average Bonchev–Trinajstić information content (AvgIpc) is 2.20. The first-order valence-corrected chi connectivity index (χ1v) is 5.58. The molecule has 0 radical (unpaired) electrons. The maximum atomic E-state index is 8.64. The van der Waals surface area contributed by atoms with E-state index in [0.29, 0.717) is 5.92 Å². The van der Waals surface area contributed by atoms with Crippen LogP contribution in [0.3, 0.4) is 0 Å². The molecule has 1 heteroatoms. The molecule has 82 valence electrons. The van der Waals surface area contributed by atoms with Crippen LogP contribution >= 0.6 is 0 Å². The predicted molar refractivity (Wildman–Crippen MR) is 65.7 cm³/mol. The summed E-state index contributed by atoms with van der Waals surface area (Å²) in [4.78, 5) is 0. The third kappa shape index (κ3) is 4.80. The minimum Gasteiger partial charge on any atom is -0.396 e. The second kappa shape index (κ2) is 6.41. The van der Waals surface area contributed by atoms with E-state index in [1.165, 1.54) is 11.1 Å². The number of hydrogen-bond acceptors (Lipinski definition) is 1. The van der Waals surface area contributed by atoms with Crippen molar-refractivity contribution in [1.29, 1.82) is 0 Å². The van der Waals surface area contributed by atoms with Gasteiger partial charge < -0.3 is 5.11 Å². The van der Waals surface area contributed by atoms with Gasteiger partial charge in [0.1, 0.15) is 0 Å². The minimum absolute atomic E-state index is 0.224. The Hall–Kier alpha value is -1.08. The molecule has 0 saturated heterocycles. The molecule has 0 aliphatic carbocycles. The molecule has 1 aromatic carbocycles. The van der Waals surface area contributed by atoms with Crippen LogP contribution in [0.4, 0.5) is 0 Å². The van der Waals surface area contributed by atoms with Crippen LogP contribution in [0.25, 0.3) is 6.08 Å². The highest BCUT2D eigenvalue weighted by Crippen LogP contribution is 2.10. The lowest BCUT2D eigenvalue weighted by molar-refractivity contribution is 0.303. The Morgan fingerprint density at radius 2 is 1.87 bits per heavy atom. The smallest absolute Gasteiger partial charge is 0.0465 e. The van der Waals surface area contributed by atoms with Crippen molar-refractivity contribution in [3.05, 3.63) is 41.5 Å². The van der Waals surface area contributed by atoms with Gasteiger partial charge in [0, 0.05) is 6.61 Å². The Balaban J connectivity index is 2.56. The summed E-state index contributed by atoms with van der Waals surface area (Å²) in [6, 6.07) is 8.62. The highest BCUT2D eigenvalue weighted by atomic mass is 16.2. The molecule has 0 amide bonds. The Morgan fingerprint density at radius 1 is 1.20 bits per heavy atom. The fourth-order valence-corrected chi connectivity index (χ4v) is 1.53. The van der Waals surface area contributed by atoms with Crippen molar-refractivity contribution in [3.63, 3.8) is 0 Å². The summed E-state index contributed by atoms with van der Waals surface area (Å²) < 4.78 is 0. The molecular weight excluding hydrogens is 184 g/mol. The van der Waals surface area contributed by atoms with Gasteiger partial charge in [-0.3, -0.25) is 0 Å². The van der Waals surface area contributed by atoms with Gasteiger partial charge in [-0.05, 0) is 29.9 Å². The largest absolute Gasteiger partial charge is 0.396 e. The van der Waals surface area contributed by atoms with Gasteiger partial charge in [-0.25, -0.2) is 0 Å².